The standard InChI is InChI=1S/C30H35ClFN3O2/c1-6-12-25(17-23(8-3)19-36)28-20(4)29(30(37)33-21(5)24-13-10-9-11-14-24)35(32)34(28)27-16-15-22(7-2)18-26(27)31/h8-11,13-19,21,29,36H,3,6-7,12H2,1-2,4-5H3,(H,33,37)/b23-19+,25-17+/t21-,29?/m1/s1. The van der Waals surface area contributed by atoms with Gasteiger partial charge in [0, 0.05) is 5.57 Å². The topological polar surface area (TPSA) is 55.8 Å². The molecule has 0 aromatic heterocycles. The first-order valence-electron chi connectivity index (χ1n) is 12.5. The lowest BCUT2D eigenvalue weighted by atomic mass is 9.97. The van der Waals surface area contributed by atoms with Gasteiger partial charge in [-0.05, 0) is 72.4 Å². The van der Waals surface area contributed by atoms with Crippen molar-refractivity contribution in [2.75, 3.05) is 5.01 Å². The van der Waals surface area contributed by atoms with Crippen LogP contribution in [0, 0.1) is 0 Å². The number of amides is 1. The number of carbonyl (C=O) groups is 1. The van der Waals surface area contributed by atoms with E-state index in [4.69, 9.17) is 11.6 Å². The summed E-state index contributed by atoms with van der Waals surface area (Å²) in [5.41, 5.74) is 4.68. The Balaban J connectivity index is 2.12. The second kappa shape index (κ2) is 12.7. The van der Waals surface area contributed by atoms with Gasteiger partial charge in [0.15, 0.2) is 6.04 Å². The molecule has 2 aromatic carbocycles. The van der Waals surface area contributed by atoms with Crippen LogP contribution in [0.15, 0.2) is 95.9 Å². The zero-order chi connectivity index (χ0) is 27.1. The first-order valence-corrected chi connectivity index (χ1v) is 12.9. The van der Waals surface area contributed by atoms with Crippen molar-refractivity contribution in [2.24, 2.45) is 0 Å². The molecule has 37 heavy (non-hydrogen) atoms. The number of anilines is 1. The van der Waals surface area contributed by atoms with Crippen LogP contribution in [-0.2, 0) is 11.2 Å². The Morgan fingerprint density at radius 3 is 2.51 bits per heavy atom. The predicted octanol–water partition coefficient (Wildman–Crippen LogP) is 7.70. The Bertz CT molecular complexity index is 1220. The zero-order valence-electron chi connectivity index (χ0n) is 21.8. The van der Waals surface area contributed by atoms with Gasteiger partial charge in [0.05, 0.1) is 28.7 Å². The summed E-state index contributed by atoms with van der Waals surface area (Å²) in [4.78, 5) is 13.5. The average Bonchev–Trinajstić information content (AvgIpc) is 3.16. The molecule has 0 spiro atoms. The molecule has 7 heteroatoms. The summed E-state index contributed by atoms with van der Waals surface area (Å²) >= 11 is 6.66. The molecule has 2 N–H and O–H groups in total. The third kappa shape index (κ3) is 6.14. The van der Waals surface area contributed by atoms with Gasteiger partial charge in [-0.3, -0.25) is 4.79 Å². The normalized spacial score (nSPS) is 17.8. The number of hydrogen-bond donors (Lipinski definition) is 2. The maximum absolute atomic E-state index is 16.3. The number of allylic oxidation sites excluding steroid dienone is 4. The Morgan fingerprint density at radius 1 is 1.24 bits per heavy atom. The minimum atomic E-state index is -1.20. The lowest BCUT2D eigenvalue weighted by Crippen LogP contribution is -2.46. The van der Waals surface area contributed by atoms with Gasteiger partial charge in [-0.2, -0.15) is 0 Å². The van der Waals surface area contributed by atoms with E-state index in [1.807, 2.05) is 63.2 Å². The third-order valence-corrected chi connectivity index (χ3v) is 6.81. The van der Waals surface area contributed by atoms with Gasteiger partial charge in [-0.15, -0.1) is 4.48 Å². The molecule has 5 nitrogen and oxygen atoms in total. The van der Waals surface area contributed by atoms with Crippen LogP contribution < -0.4 is 10.3 Å². The van der Waals surface area contributed by atoms with Gasteiger partial charge in [-0.1, -0.05) is 80.9 Å². The molecule has 1 unspecified atom stereocenters. The summed E-state index contributed by atoms with van der Waals surface area (Å²) in [5, 5.41) is 14.8. The number of nitrogens with zero attached hydrogens (tertiary/aromatic N) is 2. The van der Waals surface area contributed by atoms with Crippen LogP contribution in [0.3, 0.4) is 0 Å². The maximum atomic E-state index is 16.3. The summed E-state index contributed by atoms with van der Waals surface area (Å²) < 4.78 is 16.3. The van der Waals surface area contributed by atoms with Crippen LogP contribution in [-0.4, -0.2) is 22.3 Å². The van der Waals surface area contributed by atoms with Crippen molar-refractivity contribution in [3.05, 3.63) is 112 Å². The van der Waals surface area contributed by atoms with Crippen molar-refractivity contribution in [3.8, 4) is 0 Å². The Morgan fingerprint density at radius 2 is 1.95 bits per heavy atom. The summed E-state index contributed by atoms with van der Waals surface area (Å²) in [7, 11) is 0. The van der Waals surface area contributed by atoms with E-state index in [1.54, 1.807) is 19.1 Å². The van der Waals surface area contributed by atoms with E-state index in [0.717, 1.165) is 35.8 Å². The first kappa shape index (κ1) is 28.2. The number of aryl methyl sites for hydroxylation is 1. The molecule has 0 saturated heterocycles. The highest BCUT2D eigenvalue weighted by atomic mass is 35.5. The van der Waals surface area contributed by atoms with E-state index < -0.39 is 11.9 Å². The number of aliphatic hydroxyl groups excluding tert-OH is 1. The molecule has 3 rings (SSSR count). The number of nitrogens with one attached hydrogen (secondary N) is 1. The molecule has 1 aliphatic rings. The smallest absolute Gasteiger partial charge is 0.246 e. The Kier molecular flexibility index (Phi) is 9.73. The summed E-state index contributed by atoms with van der Waals surface area (Å²) in [6.07, 6.45) is 6.38. The molecule has 1 amide bonds. The highest BCUT2D eigenvalue weighted by molar-refractivity contribution is 6.33. The van der Waals surface area contributed by atoms with E-state index >= 15 is 4.48 Å². The van der Waals surface area contributed by atoms with Gasteiger partial charge < -0.3 is 10.4 Å². The SMILES string of the molecule is C=CC(=C\O)/C=C(\CCC)C1=C(C)C(C(=O)N[C@H](C)c2ccccc2)N(F)N1c1ccc(CC)cc1Cl. The minimum Gasteiger partial charge on any atom is -0.515 e. The molecular formula is C30H35ClFN3O2. The summed E-state index contributed by atoms with van der Waals surface area (Å²) in [6, 6.07) is 13.5. The van der Waals surface area contributed by atoms with Crippen LogP contribution in [0.25, 0.3) is 0 Å². The molecule has 2 aromatic rings. The highest BCUT2D eigenvalue weighted by Crippen LogP contribution is 2.42. The fraction of sp³-hybridized carbons (Fsp3) is 0.300. The zero-order valence-corrected chi connectivity index (χ0v) is 22.6. The van der Waals surface area contributed by atoms with Crippen molar-refractivity contribution in [1.82, 2.24) is 10.5 Å². The van der Waals surface area contributed by atoms with E-state index in [9.17, 15) is 9.90 Å². The largest absolute Gasteiger partial charge is 0.515 e. The molecule has 2 atom stereocenters. The molecule has 0 aliphatic carbocycles. The van der Waals surface area contributed by atoms with Crippen molar-refractivity contribution >= 4 is 23.2 Å². The van der Waals surface area contributed by atoms with Crippen LogP contribution >= 0.6 is 11.6 Å². The Labute approximate surface area is 224 Å². The maximum Gasteiger partial charge on any atom is 0.246 e. The number of hydrogen-bond acceptors (Lipinski definition) is 4. The second-order valence-corrected chi connectivity index (χ2v) is 9.47. The predicted molar refractivity (Wildman–Crippen MR) is 150 cm³/mol. The molecular weight excluding hydrogens is 489 g/mol. The van der Waals surface area contributed by atoms with Gasteiger partial charge in [0.25, 0.3) is 0 Å². The molecule has 0 bridgehead atoms. The number of carbonyl (C=O) groups excluding carboxylic acids is 1. The lowest BCUT2D eigenvalue weighted by molar-refractivity contribution is -0.131. The fourth-order valence-corrected chi connectivity index (χ4v) is 4.79. The van der Waals surface area contributed by atoms with Crippen LogP contribution in [0.5, 0.6) is 0 Å². The van der Waals surface area contributed by atoms with Gasteiger partial charge in [0.1, 0.15) is 0 Å². The molecule has 0 fully saturated rings. The van der Waals surface area contributed by atoms with Crippen molar-refractivity contribution < 1.29 is 14.4 Å². The summed E-state index contributed by atoms with van der Waals surface area (Å²) in [5.74, 6) is -0.463. The average molecular weight is 524 g/mol. The first-order chi connectivity index (χ1) is 17.8. The second-order valence-electron chi connectivity index (χ2n) is 9.07. The highest BCUT2D eigenvalue weighted by Gasteiger charge is 2.44. The molecule has 0 saturated carbocycles. The van der Waals surface area contributed by atoms with Crippen LogP contribution in [0.2, 0.25) is 5.02 Å². The Hall–Kier alpha value is -3.35. The molecule has 1 aliphatic heterocycles. The van der Waals surface area contributed by atoms with Crippen molar-refractivity contribution in [3.63, 3.8) is 0 Å². The number of aliphatic hydroxyl groups is 1. The minimum absolute atomic E-state index is 0.310. The van der Waals surface area contributed by atoms with E-state index in [0.29, 0.717) is 39.2 Å². The van der Waals surface area contributed by atoms with E-state index in [2.05, 4.69) is 11.9 Å². The van der Waals surface area contributed by atoms with Gasteiger partial charge in [-0.25, -0.2) is 5.01 Å². The van der Waals surface area contributed by atoms with E-state index in [-0.39, 0.29) is 6.04 Å². The molecule has 1 heterocycles. The van der Waals surface area contributed by atoms with Gasteiger partial charge in [0.2, 0.25) is 5.91 Å². The molecule has 196 valence electrons. The lowest BCUT2D eigenvalue weighted by Gasteiger charge is -2.30. The van der Waals surface area contributed by atoms with Crippen molar-refractivity contribution in [1.29, 1.82) is 0 Å². The summed E-state index contributed by atoms with van der Waals surface area (Å²) in [6.45, 7) is 11.4. The molecule has 0 radical (unpaired) electrons. The fourth-order valence-electron chi connectivity index (χ4n) is 4.51. The number of halogens is 2. The number of rotatable bonds is 10. The van der Waals surface area contributed by atoms with Crippen LogP contribution in [0.1, 0.15) is 57.7 Å². The van der Waals surface area contributed by atoms with Crippen molar-refractivity contribution in [2.45, 2.75) is 59.0 Å². The van der Waals surface area contributed by atoms with Crippen LogP contribution in [0.4, 0.5) is 10.2 Å². The van der Waals surface area contributed by atoms with Gasteiger partial charge >= 0.3 is 0 Å². The monoisotopic (exact) mass is 523 g/mol. The van der Waals surface area contributed by atoms with E-state index in [1.165, 1.54) is 11.1 Å². The number of benzene rings is 2. The number of hydrazine groups is 1. The quantitative estimate of drug-likeness (QED) is 0.190. The third-order valence-electron chi connectivity index (χ3n) is 6.50.